The van der Waals surface area contributed by atoms with Gasteiger partial charge < -0.3 is 10.1 Å². The fourth-order valence-corrected chi connectivity index (χ4v) is 1.73. The van der Waals surface area contributed by atoms with E-state index in [9.17, 15) is 0 Å². The second kappa shape index (κ2) is 9.86. The summed E-state index contributed by atoms with van der Waals surface area (Å²) in [5.41, 5.74) is 2.63. The van der Waals surface area contributed by atoms with E-state index in [1.165, 1.54) is 11.1 Å². The topological polar surface area (TPSA) is 21.3 Å². The Hall–Kier alpha value is -1.12. The van der Waals surface area contributed by atoms with Gasteiger partial charge in [-0.25, -0.2) is 0 Å². The SMILES string of the molecule is C=CCCCOCc1ccc(CCNCC)cc1. The minimum absolute atomic E-state index is 0.713. The van der Waals surface area contributed by atoms with Crippen LogP contribution in [0.2, 0.25) is 0 Å². The first kappa shape index (κ1) is 14.9. The minimum Gasteiger partial charge on any atom is -0.377 e. The van der Waals surface area contributed by atoms with Gasteiger partial charge in [-0.05, 0) is 43.5 Å². The molecule has 1 aromatic carbocycles. The number of hydrogen-bond acceptors (Lipinski definition) is 2. The third kappa shape index (κ3) is 6.58. The Kier molecular flexibility index (Phi) is 8.19. The van der Waals surface area contributed by atoms with Crippen LogP contribution in [-0.4, -0.2) is 19.7 Å². The molecule has 0 spiro atoms. The van der Waals surface area contributed by atoms with Gasteiger partial charge in [0.25, 0.3) is 0 Å². The van der Waals surface area contributed by atoms with Crippen molar-refractivity contribution in [1.82, 2.24) is 5.32 Å². The Balaban J connectivity index is 2.20. The molecule has 0 aromatic heterocycles. The van der Waals surface area contributed by atoms with Crippen LogP contribution in [-0.2, 0) is 17.8 Å². The van der Waals surface area contributed by atoms with Crippen LogP contribution < -0.4 is 5.32 Å². The predicted molar refractivity (Wildman–Crippen MR) is 77.8 cm³/mol. The average molecular weight is 247 g/mol. The molecule has 0 bridgehead atoms. The zero-order valence-electron chi connectivity index (χ0n) is 11.5. The number of unbranched alkanes of at least 4 members (excludes halogenated alkanes) is 1. The van der Waals surface area contributed by atoms with E-state index in [-0.39, 0.29) is 0 Å². The Morgan fingerprint density at radius 2 is 1.94 bits per heavy atom. The fourth-order valence-electron chi connectivity index (χ4n) is 1.73. The van der Waals surface area contributed by atoms with Crippen molar-refractivity contribution in [2.75, 3.05) is 19.7 Å². The lowest BCUT2D eigenvalue weighted by Crippen LogP contribution is -2.15. The number of rotatable bonds is 10. The molecule has 0 unspecified atom stereocenters. The van der Waals surface area contributed by atoms with Gasteiger partial charge in [0, 0.05) is 6.61 Å². The lowest BCUT2D eigenvalue weighted by molar-refractivity contribution is 0.119. The zero-order valence-corrected chi connectivity index (χ0v) is 11.5. The van der Waals surface area contributed by atoms with Gasteiger partial charge in [0.05, 0.1) is 6.61 Å². The second-order valence-electron chi connectivity index (χ2n) is 4.40. The first-order valence-electron chi connectivity index (χ1n) is 6.84. The van der Waals surface area contributed by atoms with Crippen molar-refractivity contribution in [3.8, 4) is 0 Å². The number of ether oxygens (including phenoxy) is 1. The van der Waals surface area contributed by atoms with Crippen molar-refractivity contribution in [3.63, 3.8) is 0 Å². The van der Waals surface area contributed by atoms with E-state index in [1.54, 1.807) is 0 Å². The Bertz CT molecular complexity index is 318. The maximum absolute atomic E-state index is 5.60. The van der Waals surface area contributed by atoms with Gasteiger partial charge in [-0.3, -0.25) is 0 Å². The molecule has 1 aromatic rings. The van der Waals surface area contributed by atoms with Gasteiger partial charge in [0.15, 0.2) is 0 Å². The van der Waals surface area contributed by atoms with Crippen molar-refractivity contribution in [2.24, 2.45) is 0 Å². The van der Waals surface area contributed by atoms with Crippen LogP contribution in [0.15, 0.2) is 36.9 Å². The monoisotopic (exact) mass is 247 g/mol. The Morgan fingerprint density at radius 1 is 1.22 bits per heavy atom. The minimum atomic E-state index is 0.713. The number of hydrogen-bond donors (Lipinski definition) is 1. The lowest BCUT2D eigenvalue weighted by atomic mass is 10.1. The van der Waals surface area contributed by atoms with E-state index in [0.29, 0.717) is 6.61 Å². The summed E-state index contributed by atoms with van der Waals surface area (Å²) >= 11 is 0. The highest BCUT2D eigenvalue weighted by molar-refractivity contribution is 5.22. The molecule has 0 aliphatic heterocycles. The molecule has 0 aliphatic rings. The van der Waals surface area contributed by atoms with Crippen molar-refractivity contribution in [2.45, 2.75) is 32.8 Å². The summed E-state index contributed by atoms with van der Waals surface area (Å²) in [5.74, 6) is 0. The van der Waals surface area contributed by atoms with Crippen LogP contribution in [0.4, 0.5) is 0 Å². The molecule has 0 amide bonds. The highest BCUT2D eigenvalue weighted by Crippen LogP contribution is 2.06. The third-order valence-electron chi connectivity index (χ3n) is 2.83. The van der Waals surface area contributed by atoms with E-state index in [1.807, 2.05) is 6.08 Å². The second-order valence-corrected chi connectivity index (χ2v) is 4.40. The van der Waals surface area contributed by atoms with Crippen molar-refractivity contribution in [1.29, 1.82) is 0 Å². The van der Waals surface area contributed by atoms with Gasteiger partial charge in [0.1, 0.15) is 0 Å². The first-order valence-corrected chi connectivity index (χ1v) is 6.84. The summed E-state index contributed by atoms with van der Waals surface area (Å²) in [4.78, 5) is 0. The van der Waals surface area contributed by atoms with E-state index in [0.717, 1.165) is 39.0 Å². The molecule has 0 saturated carbocycles. The lowest BCUT2D eigenvalue weighted by Gasteiger charge is -2.06. The van der Waals surface area contributed by atoms with Crippen LogP contribution in [0.25, 0.3) is 0 Å². The molecule has 1 N–H and O–H groups in total. The van der Waals surface area contributed by atoms with Crippen LogP contribution in [0, 0.1) is 0 Å². The zero-order chi connectivity index (χ0) is 13.1. The van der Waals surface area contributed by atoms with E-state index in [4.69, 9.17) is 4.74 Å². The summed E-state index contributed by atoms with van der Waals surface area (Å²) in [5, 5.41) is 3.33. The van der Waals surface area contributed by atoms with E-state index >= 15 is 0 Å². The maximum Gasteiger partial charge on any atom is 0.0716 e. The quantitative estimate of drug-likeness (QED) is 0.506. The van der Waals surface area contributed by atoms with Gasteiger partial charge >= 0.3 is 0 Å². The van der Waals surface area contributed by atoms with Crippen LogP contribution in [0.3, 0.4) is 0 Å². The largest absolute Gasteiger partial charge is 0.377 e. The molecule has 0 atom stereocenters. The van der Waals surface area contributed by atoms with Crippen LogP contribution in [0.5, 0.6) is 0 Å². The van der Waals surface area contributed by atoms with Crippen molar-refractivity contribution < 1.29 is 4.74 Å². The fraction of sp³-hybridized carbons (Fsp3) is 0.500. The molecule has 2 nitrogen and oxygen atoms in total. The molecule has 0 fully saturated rings. The number of nitrogens with one attached hydrogen (secondary N) is 1. The molecule has 0 heterocycles. The van der Waals surface area contributed by atoms with Gasteiger partial charge in [0.2, 0.25) is 0 Å². The number of benzene rings is 1. The van der Waals surface area contributed by atoms with Crippen LogP contribution in [0.1, 0.15) is 30.9 Å². The third-order valence-corrected chi connectivity index (χ3v) is 2.83. The highest BCUT2D eigenvalue weighted by Gasteiger charge is 1.95. The molecule has 0 radical (unpaired) electrons. The Labute approximate surface area is 111 Å². The molecular formula is C16H25NO. The number of likely N-dealkylation sites (N-methyl/N-ethyl adjacent to an activating group) is 1. The molecule has 100 valence electrons. The van der Waals surface area contributed by atoms with Gasteiger partial charge in [-0.15, -0.1) is 6.58 Å². The predicted octanol–water partition coefficient (Wildman–Crippen LogP) is 3.32. The molecule has 1 rings (SSSR count). The highest BCUT2D eigenvalue weighted by atomic mass is 16.5. The van der Waals surface area contributed by atoms with E-state index < -0.39 is 0 Å². The summed E-state index contributed by atoms with van der Waals surface area (Å²) in [6.07, 6.45) is 5.12. The smallest absolute Gasteiger partial charge is 0.0716 e. The van der Waals surface area contributed by atoms with Crippen molar-refractivity contribution >= 4 is 0 Å². The molecule has 0 saturated heterocycles. The molecule has 18 heavy (non-hydrogen) atoms. The Morgan fingerprint density at radius 3 is 2.61 bits per heavy atom. The summed E-state index contributed by atoms with van der Waals surface area (Å²) in [6, 6.07) is 8.71. The number of allylic oxidation sites excluding steroid dienone is 1. The van der Waals surface area contributed by atoms with Crippen LogP contribution >= 0.6 is 0 Å². The normalized spacial score (nSPS) is 10.5. The van der Waals surface area contributed by atoms with E-state index in [2.05, 4.69) is 43.1 Å². The molecule has 2 heteroatoms. The van der Waals surface area contributed by atoms with Gasteiger partial charge in [-0.1, -0.05) is 37.3 Å². The van der Waals surface area contributed by atoms with Gasteiger partial charge in [-0.2, -0.15) is 0 Å². The average Bonchev–Trinajstić information content (AvgIpc) is 2.40. The molecule has 0 aliphatic carbocycles. The summed E-state index contributed by atoms with van der Waals surface area (Å²) in [6.45, 7) is 9.44. The first-order chi connectivity index (χ1) is 8.86. The maximum atomic E-state index is 5.60. The summed E-state index contributed by atoms with van der Waals surface area (Å²) in [7, 11) is 0. The molecular weight excluding hydrogens is 222 g/mol. The van der Waals surface area contributed by atoms with Crippen molar-refractivity contribution in [3.05, 3.63) is 48.0 Å². The summed E-state index contributed by atoms with van der Waals surface area (Å²) < 4.78 is 5.60. The standard InChI is InChI=1S/C16H25NO/c1-3-5-6-13-18-14-16-9-7-15(8-10-16)11-12-17-4-2/h3,7-10,17H,1,4-6,11-14H2,2H3.